The first kappa shape index (κ1) is 33.3. The maximum Gasteiger partial charge on any atom is 0.167 e. The maximum absolute atomic E-state index is 8.09. The Morgan fingerprint density at radius 1 is 0.441 bits per heavy atom. The van der Waals surface area contributed by atoms with E-state index in [1.807, 2.05) is 60.7 Å². The Hall–Kier alpha value is -6.65. The summed E-state index contributed by atoms with van der Waals surface area (Å²) >= 11 is 0. The molecule has 59 heavy (non-hydrogen) atoms. The third kappa shape index (κ3) is 6.09. The molecule has 284 valence electrons. The molecule has 0 radical (unpaired) electrons. The molecule has 0 unspecified atom stereocenters. The van der Waals surface area contributed by atoms with E-state index < -0.39 is 0 Å². The van der Waals surface area contributed by atoms with Gasteiger partial charge in [0.15, 0.2) is 17.5 Å². The zero-order chi connectivity index (χ0) is 39.8. The molecule has 4 nitrogen and oxygen atoms in total. The Morgan fingerprint density at radius 3 is 1.64 bits per heavy atom. The normalized spacial score (nSPS) is 20.9. The Morgan fingerprint density at radius 2 is 0.983 bits per heavy atom. The van der Waals surface area contributed by atoms with E-state index in [0.717, 1.165) is 78.6 Å². The van der Waals surface area contributed by atoms with Crippen LogP contribution in [-0.4, -0.2) is 15.0 Å². The van der Waals surface area contributed by atoms with Crippen LogP contribution in [0.25, 0.3) is 89.5 Å². The van der Waals surface area contributed by atoms with Gasteiger partial charge in [0, 0.05) is 21.9 Å². The molecule has 0 amide bonds. The fourth-order valence-electron chi connectivity index (χ4n) is 11.3. The summed E-state index contributed by atoms with van der Waals surface area (Å²) < 4.78 is 14.8. The lowest BCUT2D eigenvalue weighted by Crippen LogP contribution is -2.48. The summed E-state index contributed by atoms with van der Waals surface area (Å²) in [6.45, 7) is 0. The summed E-state index contributed by atoms with van der Waals surface area (Å²) in [5.41, 5.74) is 12.8. The number of hydrogen-bond donors (Lipinski definition) is 0. The molecule has 0 atom stereocenters. The number of hydrogen-bond acceptors (Lipinski definition) is 4. The van der Waals surface area contributed by atoms with Crippen molar-refractivity contribution in [2.24, 2.45) is 17.8 Å². The van der Waals surface area contributed by atoms with Crippen LogP contribution in [0, 0.1) is 17.8 Å². The molecule has 4 fully saturated rings. The molecule has 2 aromatic heterocycles. The zero-order valence-electron chi connectivity index (χ0n) is 33.8. The number of aromatic nitrogens is 3. The van der Waals surface area contributed by atoms with Gasteiger partial charge in [-0.1, -0.05) is 133 Å². The number of para-hydroxylation sites is 1. The Labute approximate surface area is 346 Å². The fraction of sp³-hybridized carbons (Fsp3) is 0.182. The van der Waals surface area contributed by atoms with Crippen molar-refractivity contribution in [1.82, 2.24) is 15.0 Å². The predicted molar refractivity (Wildman–Crippen MR) is 240 cm³/mol. The van der Waals surface area contributed by atoms with Crippen LogP contribution in [0.3, 0.4) is 0 Å². The van der Waals surface area contributed by atoms with Crippen molar-refractivity contribution < 1.29 is 5.79 Å². The van der Waals surface area contributed by atoms with E-state index >= 15 is 0 Å². The molecule has 0 N–H and O–H groups in total. The quantitative estimate of drug-likeness (QED) is 0.162. The smallest absolute Gasteiger partial charge is 0.167 e. The SMILES string of the molecule is [2H]c1ccc(-c2cc(-c3ccccc3)cc(-c3nc(-c4ccccc4)nc(-c4cccc5c4oc4ccc(-c6ccc(C78CC9CC(CC(C9)C7)C8)cc6)cc45)n3)c2)cc1. The summed E-state index contributed by atoms with van der Waals surface area (Å²) in [5, 5.41) is 2.11. The predicted octanol–water partition coefficient (Wildman–Crippen LogP) is 14.2. The third-order valence-corrected chi connectivity index (χ3v) is 13.6. The van der Waals surface area contributed by atoms with E-state index in [1.165, 1.54) is 49.7 Å². The van der Waals surface area contributed by atoms with Gasteiger partial charge in [0.1, 0.15) is 11.2 Å². The first-order valence-electron chi connectivity index (χ1n) is 21.7. The maximum atomic E-state index is 8.09. The summed E-state index contributed by atoms with van der Waals surface area (Å²) in [4.78, 5) is 15.5. The minimum absolute atomic E-state index is 0.394. The van der Waals surface area contributed by atoms with Crippen molar-refractivity contribution in [2.45, 2.75) is 43.9 Å². The minimum atomic E-state index is 0.394. The van der Waals surface area contributed by atoms with Gasteiger partial charge in [-0.15, -0.1) is 0 Å². The van der Waals surface area contributed by atoms with Crippen LogP contribution in [0.5, 0.6) is 0 Å². The number of rotatable bonds is 7. The Bertz CT molecular complexity index is 3030. The van der Waals surface area contributed by atoms with Crippen LogP contribution in [0.2, 0.25) is 0 Å². The second-order valence-corrected chi connectivity index (χ2v) is 17.4. The van der Waals surface area contributed by atoms with Crippen molar-refractivity contribution in [3.05, 3.63) is 175 Å². The highest BCUT2D eigenvalue weighted by molar-refractivity contribution is 6.10. The molecule has 4 aliphatic rings. The monoisotopic (exact) mass is 762 g/mol. The molecule has 4 aliphatic carbocycles. The topological polar surface area (TPSA) is 51.8 Å². The molecular formula is C55H43N3O. The summed E-state index contributed by atoms with van der Waals surface area (Å²) in [6, 6.07) is 57.5. The molecule has 2 heterocycles. The van der Waals surface area contributed by atoms with E-state index in [1.54, 1.807) is 5.56 Å². The lowest BCUT2D eigenvalue weighted by Gasteiger charge is -2.57. The molecule has 4 bridgehead atoms. The molecule has 4 heteroatoms. The number of benzene rings is 7. The van der Waals surface area contributed by atoms with E-state index in [-0.39, 0.29) is 0 Å². The van der Waals surface area contributed by atoms with Crippen LogP contribution in [-0.2, 0) is 5.41 Å². The van der Waals surface area contributed by atoms with Crippen molar-refractivity contribution in [2.75, 3.05) is 0 Å². The Kier molecular flexibility index (Phi) is 7.76. The second-order valence-electron chi connectivity index (χ2n) is 17.4. The van der Waals surface area contributed by atoms with E-state index in [9.17, 15) is 0 Å². The highest BCUT2D eigenvalue weighted by atomic mass is 16.3. The molecule has 13 rings (SSSR count). The summed E-state index contributed by atoms with van der Waals surface area (Å²) in [6.07, 6.45) is 8.54. The number of nitrogens with zero attached hydrogens (tertiary/aromatic N) is 3. The van der Waals surface area contributed by atoms with Crippen LogP contribution >= 0.6 is 0 Å². The van der Waals surface area contributed by atoms with Crippen molar-refractivity contribution >= 4 is 21.9 Å². The average molecular weight is 763 g/mol. The molecule has 7 aromatic carbocycles. The Balaban J connectivity index is 0.962. The van der Waals surface area contributed by atoms with E-state index in [2.05, 4.69) is 103 Å². The van der Waals surface area contributed by atoms with Gasteiger partial charge >= 0.3 is 0 Å². The van der Waals surface area contributed by atoms with E-state index in [0.29, 0.717) is 28.9 Å². The lowest BCUT2D eigenvalue weighted by atomic mass is 9.48. The first-order valence-corrected chi connectivity index (χ1v) is 21.2. The van der Waals surface area contributed by atoms with Crippen LogP contribution < -0.4 is 0 Å². The third-order valence-electron chi connectivity index (χ3n) is 13.6. The highest BCUT2D eigenvalue weighted by Crippen LogP contribution is 2.60. The van der Waals surface area contributed by atoms with E-state index in [4.69, 9.17) is 20.7 Å². The van der Waals surface area contributed by atoms with Crippen LogP contribution in [0.4, 0.5) is 0 Å². The largest absolute Gasteiger partial charge is 0.455 e. The van der Waals surface area contributed by atoms with Gasteiger partial charge in [0.25, 0.3) is 0 Å². The lowest BCUT2D eigenvalue weighted by molar-refractivity contribution is -0.00518. The molecule has 4 saturated carbocycles. The highest BCUT2D eigenvalue weighted by Gasteiger charge is 2.51. The van der Waals surface area contributed by atoms with Crippen molar-refractivity contribution in [3.8, 4) is 67.5 Å². The summed E-state index contributed by atoms with van der Waals surface area (Å²) in [5.74, 6) is 4.52. The minimum Gasteiger partial charge on any atom is -0.455 e. The molecule has 0 spiro atoms. The second kappa shape index (κ2) is 13.7. The van der Waals surface area contributed by atoms with Gasteiger partial charge in [-0.05, 0) is 137 Å². The molecule has 9 aromatic rings. The number of fused-ring (bicyclic) bond motifs is 3. The van der Waals surface area contributed by atoms with Crippen molar-refractivity contribution in [1.29, 1.82) is 0 Å². The van der Waals surface area contributed by atoms with Gasteiger partial charge in [-0.25, -0.2) is 15.0 Å². The molecule has 0 saturated heterocycles. The van der Waals surface area contributed by atoms with Gasteiger partial charge < -0.3 is 4.42 Å². The first-order chi connectivity index (χ1) is 29.5. The zero-order valence-corrected chi connectivity index (χ0v) is 32.8. The van der Waals surface area contributed by atoms with Crippen LogP contribution in [0.1, 0.15) is 45.5 Å². The van der Waals surface area contributed by atoms with Gasteiger partial charge in [0.2, 0.25) is 0 Å². The average Bonchev–Trinajstić information content (AvgIpc) is 3.67. The number of furan rings is 1. The van der Waals surface area contributed by atoms with Gasteiger partial charge in [-0.3, -0.25) is 0 Å². The standard InChI is InChI=1S/C55H43N3O/c1-4-11-38(12-5-1)43-28-44(39-13-6-2-7-14-39)30-45(29-43)53-56-52(41-15-8-3-9-16-41)57-54(58-53)48-18-10-17-47-49-31-42(21-24-50(49)59-51(47)48)40-19-22-46(23-20-40)55-32-35-25-36(33-55)27-37(26-35)34-55/h1-24,28-31,35-37H,25-27,32-34H2/i1D. The van der Waals surface area contributed by atoms with Gasteiger partial charge in [0.05, 0.1) is 6.93 Å². The van der Waals surface area contributed by atoms with Crippen LogP contribution in [0.15, 0.2) is 174 Å². The summed E-state index contributed by atoms with van der Waals surface area (Å²) in [7, 11) is 0. The van der Waals surface area contributed by atoms with Crippen molar-refractivity contribution in [3.63, 3.8) is 0 Å². The molecular weight excluding hydrogens is 719 g/mol. The van der Waals surface area contributed by atoms with Gasteiger partial charge in [-0.2, -0.15) is 0 Å². The molecule has 0 aliphatic heterocycles. The fourth-order valence-corrected chi connectivity index (χ4v) is 11.3.